The number of alkyl halides is 2. The Morgan fingerprint density at radius 3 is 2.58 bits per heavy atom. The third-order valence-corrected chi connectivity index (χ3v) is 4.29. The predicted octanol–water partition coefficient (Wildman–Crippen LogP) is 3.78. The molecule has 1 fully saturated rings. The standard InChI is InChI=1S/C16H13ClF2N6O/c17-10-8-21-16(25-5-1-2-6-25)22-12(10)15-23-14(24-26-15)9-3-4-11(13(18)19)20-7-9/h3-4,7-8,13H,1-2,5-6H2. The van der Waals surface area contributed by atoms with Crippen molar-refractivity contribution in [3.8, 4) is 23.0 Å². The van der Waals surface area contributed by atoms with Crippen molar-refractivity contribution in [1.82, 2.24) is 25.1 Å². The van der Waals surface area contributed by atoms with Crippen LogP contribution in [0.25, 0.3) is 23.0 Å². The van der Waals surface area contributed by atoms with E-state index in [0.717, 1.165) is 25.9 Å². The molecule has 1 aliphatic heterocycles. The molecule has 1 saturated heterocycles. The van der Waals surface area contributed by atoms with E-state index < -0.39 is 6.43 Å². The molecular formula is C16H13ClF2N6O. The van der Waals surface area contributed by atoms with Crippen LogP contribution in [0.4, 0.5) is 14.7 Å². The molecule has 3 aromatic rings. The second-order valence-corrected chi connectivity index (χ2v) is 6.16. The highest BCUT2D eigenvalue weighted by molar-refractivity contribution is 6.32. The van der Waals surface area contributed by atoms with Crippen LogP contribution in [-0.4, -0.2) is 38.2 Å². The fourth-order valence-electron chi connectivity index (χ4n) is 2.68. The van der Waals surface area contributed by atoms with Gasteiger partial charge in [-0.2, -0.15) is 4.98 Å². The summed E-state index contributed by atoms with van der Waals surface area (Å²) in [5.74, 6) is 0.904. The zero-order chi connectivity index (χ0) is 18.1. The summed E-state index contributed by atoms with van der Waals surface area (Å²) >= 11 is 6.18. The molecular weight excluding hydrogens is 366 g/mol. The van der Waals surface area contributed by atoms with E-state index in [-0.39, 0.29) is 22.4 Å². The third-order valence-electron chi connectivity index (χ3n) is 4.02. The predicted molar refractivity (Wildman–Crippen MR) is 90.0 cm³/mol. The van der Waals surface area contributed by atoms with Crippen molar-refractivity contribution in [2.45, 2.75) is 19.3 Å². The van der Waals surface area contributed by atoms with Gasteiger partial charge in [0.2, 0.25) is 11.8 Å². The second kappa shape index (κ2) is 6.91. The minimum atomic E-state index is -2.63. The summed E-state index contributed by atoms with van der Waals surface area (Å²) in [4.78, 5) is 18.7. The number of aromatic nitrogens is 5. The molecule has 0 bridgehead atoms. The van der Waals surface area contributed by atoms with Gasteiger partial charge in [-0.15, -0.1) is 0 Å². The minimum Gasteiger partial charge on any atom is -0.341 e. The smallest absolute Gasteiger partial charge is 0.280 e. The number of anilines is 1. The van der Waals surface area contributed by atoms with E-state index in [1.54, 1.807) is 0 Å². The van der Waals surface area contributed by atoms with E-state index in [1.165, 1.54) is 24.5 Å². The van der Waals surface area contributed by atoms with Gasteiger partial charge in [0.25, 0.3) is 12.3 Å². The Morgan fingerprint density at radius 1 is 1.08 bits per heavy atom. The second-order valence-electron chi connectivity index (χ2n) is 5.76. The van der Waals surface area contributed by atoms with Crippen LogP contribution in [-0.2, 0) is 0 Å². The monoisotopic (exact) mass is 378 g/mol. The molecule has 3 aromatic heterocycles. The number of halogens is 3. The zero-order valence-corrected chi connectivity index (χ0v) is 14.2. The fourth-order valence-corrected chi connectivity index (χ4v) is 2.85. The molecule has 26 heavy (non-hydrogen) atoms. The van der Waals surface area contributed by atoms with Crippen molar-refractivity contribution < 1.29 is 13.3 Å². The molecule has 0 aromatic carbocycles. The van der Waals surface area contributed by atoms with Crippen LogP contribution in [0, 0.1) is 0 Å². The zero-order valence-electron chi connectivity index (χ0n) is 13.4. The van der Waals surface area contributed by atoms with Crippen LogP contribution in [0.1, 0.15) is 25.0 Å². The van der Waals surface area contributed by atoms with E-state index in [1.807, 2.05) is 0 Å². The lowest BCUT2D eigenvalue weighted by Crippen LogP contribution is -2.20. The van der Waals surface area contributed by atoms with Crippen LogP contribution in [0.5, 0.6) is 0 Å². The van der Waals surface area contributed by atoms with Gasteiger partial charge in [0.15, 0.2) is 5.69 Å². The maximum absolute atomic E-state index is 12.6. The van der Waals surface area contributed by atoms with Crippen LogP contribution >= 0.6 is 11.6 Å². The van der Waals surface area contributed by atoms with Crippen molar-refractivity contribution in [3.05, 3.63) is 35.2 Å². The molecule has 4 heterocycles. The summed E-state index contributed by atoms with van der Waals surface area (Å²) in [6.45, 7) is 1.77. The largest absolute Gasteiger partial charge is 0.341 e. The van der Waals surface area contributed by atoms with Gasteiger partial charge in [0.05, 0.1) is 11.2 Å². The van der Waals surface area contributed by atoms with Gasteiger partial charge >= 0.3 is 0 Å². The number of nitrogens with zero attached hydrogens (tertiary/aromatic N) is 6. The molecule has 0 atom stereocenters. The van der Waals surface area contributed by atoms with Crippen molar-refractivity contribution in [2.75, 3.05) is 18.0 Å². The minimum absolute atomic E-state index is 0.130. The molecule has 0 aliphatic carbocycles. The average Bonchev–Trinajstić information content (AvgIpc) is 3.34. The lowest BCUT2D eigenvalue weighted by Gasteiger charge is -2.15. The highest BCUT2D eigenvalue weighted by atomic mass is 35.5. The number of rotatable bonds is 4. The molecule has 10 heteroatoms. The normalized spacial score (nSPS) is 14.4. The van der Waals surface area contributed by atoms with E-state index in [9.17, 15) is 8.78 Å². The Morgan fingerprint density at radius 2 is 1.88 bits per heavy atom. The lowest BCUT2D eigenvalue weighted by atomic mass is 10.2. The summed E-state index contributed by atoms with van der Waals surface area (Å²) < 4.78 is 30.4. The molecule has 0 unspecified atom stereocenters. The summed E-state index contributed by atoms with van der Waals surface area (Å²) in [5, 5.41) is 4.15. The van der Waals surface area contributed by atoms with Crippen molar-refractivity contribution in [2.24, 2.45) is 0 Å². The quantitative estimate of drug-likeness (QED) is 0.683. The van der Waals surface area contributed by atoms with Gasteiger partial charge in [0.1, 0.15) is 5.69 Å². The lowest BCUT2D eigenvalue weighted by molar-refractivity contribution is 0.146. The first-order chi connectivity index (χ1) is 12.6. The summed E-state index contributed by atoms with van der Waals surface area (Å²) in [6.07, 6.45) is 2.32. The first kappa shape index (κ1) is 16.8. The number of hydrogen-bond donors (Lipinski definition) is 0. The van der Waals surface area contributed by atoms with Gasteiger partial charge in [0, 0.05) is 24.8 Å². The maximum Gasteiger partial charge on any atom is 0.280 e. The molecule has 134 valence electrons. The van der Waals surface area contributed by atoms with Gasteiger partial charge < -0.3 is 9.42 Å². The van der Waals surface area contributed by atoms with Gasteiger partial charge in [-0.1, -0.05) is 16.8 Å². The SMILES string of the molecule is FC(F)c1ccc(-c2noc(-c3nc(N4CCCC4)ncc3Cl)n2)cn1. The molecule has 7 nitrogen and oxygen atoms in total. The number of hydrogen-bond acceptors (Lipinski definition) is 7. The van der Waals surface area contributed by atoms with E-state index in [0.29, 0.717) is 17.2 Å². The van der Waals surface area contributed by atoms with Crippen LogP contribution in [0.15, 0.2) is 29.0 Å². The van der Waals surface area contributed by atoms with Crippen molar-refractivity contribution >= 4 is 17.5 Å². The highest BCUT2D eigenvalue weighted by Crippen LogP contribution is 2.29. The molecule has 0 saturated carbocycles. The summed E-state index contributed by atoms with van der Waals surface area (Å²) in [7, 11) is 0. The van der Waals surface area contributed by atoms with Crippen LogP contribution in [0.2, 0.25) is 5.02 Å². The molecule has 0 amide bonds. The van der Waals surface area contributed by atoms with Crippen molar-refractivity contribution in [3.63, 3.8) is 0 Å². The van der Waals surface area contributed by atoms with Gasteiger partial charge in [-0.25, -0.2) is 18.7 Å². The summed E-state index contributed by atoms with van der Waals surface area (Å²) in [6, 6.07) is 2.68. The van der Waals surface area contributed by atoms with E-state index in [4.69, 9.17) is 16.1 Å². The van der Waals surface area contributed by atoms with Crippen LogP contribution in [0.3, 0.4) is 0 Å². The Kier molecular flexibility index (Phi) is 4.46. The van der Waals surface area contributed by atoms with E-state index in [2.05, 4.69) is 30.0 Å². The fraction of sp³-hybridized carbons (Fsp3) is 0.312. The van der Waals surface area contributed by atoms with Gasteiger partial charge in [-0.05, 0) is 25.0 Å². The molecule has 1 aliphatic rings. The van der Waals surface area contributed by atoms with Crippen molar-refractivity contribution in [1.29, 1.82) is 0 Å². The Balaban J connectivity index is 1.64. The average molecular weight is 379 g/mol. The summed E-state index contributed by atoms with van der Waals surface area (Å²) in [5.41, 5.74) is 0.473. The molecule has 4 rings (SSSR count). The van der Waals surface area contributed by atoms with E-state index >= 15 is 0 Å². The van der Waals surface area contributed by atoms with Crippen LogP contribution < -0.4 is 4.90 Å². The Hall–Kier alpha value is -2.68. The molecule has 0 spiro atoms. The first-order valence-corrected chi connectivity index (χ1v) is 8.35. The van der Waals surface area contributed by atoms with Gasteiger partial charge in [-0.3, -0.25) is 4.98 Å². The topological polar surface area (TPSA) is 80.8 Å². The Labute approximate surface area is 152 Å². The Bertz CT molecular complexity index is 911. The number of pyridine rings is 1. The maximum atomic E-state index is 12.6. The highest BCUT2D eigenvalue weighted by Gasteiger charge is 2.20. The molecule has 0 radical (unpaired) electrons. The molecule has 0 N–H and O–H groups in total. The third kappa shape index (κ3) is 3.22. The first-order valence-electron chi connectivity index (χ1n) is 7.98.